The van der Waals surface area contributed by atoms with Crippen LogP contribution in [0.15, 0.2) is 94.4 Å². The highest BCUT2D eigenvalue weighted by molar-refractivity contribution is 7.92. The molecule has 0 radical (unpaired) electrons. The maximum atomic E-state index is 12.8. The fourth-order valence-electron chi connectivity index (χ4n) is 3.60. The summed E-state index contributed by atoms with van der Waals surface area (Å²) in [6.45, 7) is 1.47. The Morgan fingerprint density at radius 3 is 2.34 bits per heavy atom. The van der Waals surface area contributed by atoms with Crippen molar-refractivity contribution in [2.24, 2.45) is 5.10 Å². The van der Waals surface area contributed by atoms with E-state index in [9.17, 15) is 13.2 Å². The highest BCUT2D eigenvalue weighted by Gasteiger charge is 2.29. The van der Waals surface area contributed by atoms with Crippen molar-refractivity contribution in [3.05, 3.63) is 101 Å². The molecule has 0 aliphatic heterocycles. The molecule has 11 heteroatoms. The Hall–Kier alpha value is -3.79. The number of benzene rings is 3. The molecule has 8 nitrogen and oxygen atoms in total. The smallest absolute Gasteiger partial charge is 0.263 e. The van der Waals surface area contributed by atoms with E-state index in [1.54, 1.807) is 66.7 Å². The number of nitrogens with zero attached hydrogens (tertiary/aromatic N) is 2. The van der Waals surface area contributed by atoms with E-state index in [0.717, 1.165) is 10.6 Å². The zero-order valence-electron chi connectivity index (χ0n) is 20.3. The summed E-state index contributed by atoms with van der Waals surface area (Å²) in [5.41, 5.74) is 3.31. The summed E-state index contributed by atoms with van der Waals surface area (Å²) >= 11 is 12.2. The molecule has 1 atom stereocenters. The lowest BCUT2D eigenvalue weighted by molar-refractivity contribution is -0.121. The zero-order chi connectivity index (χ0) is 27.3. The van der Waals surface area contributed by atoms with Crippen LogP contribution in [0.25, 0.3) is 11.3 Å². The molecule has 38 heavy (non-hydrogen) atoms. The molecule has 0 bridgehead atoms. The van der Waals surface area contributed by atoms with Gasteiger partial charge in [0.15, 0.2) is 0 Å². The SMILES string of the molecule is C[C@@H](C(=O)N/N=C\c1ccc(-c2ccc(Cl)cc2Cl)o1)N(c1ccc(Oc2ccccc2)cc1)S(C)(=O)=O. The molecule has 0 aliphatic carbocycles. The van der Waals surface area contributed by atoms with Gasteiger partial charge in [-0.1, -0.05) is 41.4 Å². The number of ether oxygens (including phenoxy) is 1. The van der Waals surface area contributed by atoms with Crippen LogP contribution in [0.4, 0.5) is 5.69 Å². The number of furan rings is 1. The first-order chi connectivity index (χ1) is 18.1. The van der Waals surface area contributed by atoms with Crippen molar-refractivity contribution in [1.29, 1.82) is 0 Å². The number of hydrazone groups is 1. The van der Waals surface area contributed by atoms with Gasteiger partial charge in [0.1, 0.15) is 29.1 Å². The third-order valence-corrected chi connectivity index (χ3v) is 7.14. The van der Waals surface area contributed by atoms with Crippen molar-refractivity contribution in [2.45, 2.75) is 13.0 Å². The van der Waals surface area contributed by atoms with Gasteiger partial charge in [0, 0.05) is 10.6 Å². The third kappa shape index (κ3) is 6.74. The van der Waals surface area contributed by atoms with E-state index < -0.39 is 22.0 Å². The molecule has 1 amide bonds. The standard InChI is InChI=1S/C27H23Cl2N3O5S/c1-18(27(33)31-30-17-23-13-15-26(37-23)24-14-8-19(28)16-25(24)29)32(38(2,34)35)20-9-11-22(12-10-20)36-21-6-4-3-5-7-21/h3-18H,1-2H3,(H,31,33)/b30-17-/t18-/m0/s1. The lowest BCUT2D eigenvalue weighted by atomic mass is 10.2. The summed E-state index contributed by atoms with van der Waals surface area (Å²) in [4.78, 5) is 12.8. The fourth-order valence-corrected chi connectivity index (χ4v) is 5.28. The van der Waals surface area contributed by atoms with E-state index in [-0.39, 0.29) is 0 Å². The van der Waals surface area contributed by atoms with Gasteiger partial charge >= 0.3 is 0 Å². The Labute approximate surface area is 230 Å². The van der Waals surface area contributed by atoms with Crippen LogP contribution in [0.5, 0.6) is 11.5 Å². The summed E-state index contributed by atoms with van der Waals surface area (Å²) in [6.07, 6.45) is 2.33. The largest absolute Gasteiger partial charge is 0.457 e. The van der Waals surface area contributed by atoms with Gasteiger partial charge in [0.2, 0.25) is 10.0 Å². The molecule has 0 spiro atoms. The van der Waals surface area contributed by atoms with Crippen LogP contribution in [0.1, 0.15) is 12.7 Å². The molecule has 1 heterocycles. The molecule has 0 saturated carbocycles. The van der Waals surface area contributed by atoms with Gasteiger partial charge in [0.25, 0.3) is 5.91 Å². The molecule has 1 N–H and O–H groups in total. The molecule has 3 aromatic carbocycles. The maximum Gasteiger partial charge on any atom is 0.263 e. The Morgan fingerprint density at radius 2 is 1.68 bits per heavy atom. The van der Waals surface area contributed by atoms with E-state index >= 15 is 0 Å². The van der Waals surface area contributed by atoms with Gasteiger partial charge in [-0.3, -0.25) is 9.10 Å². The summed E-state index contributed by atoms with van der Waals surface area (Å²) < 4.78 is 37.6. The Bertz CT molecular complexity index is 1560. The average molecular weight is 572 g/mol. The molecule has 0 fully saturated rings. The molecular weight excluding hydrogens is 549 g/mol. The van der Waals surface area contributed by atoms with E-state index in [0.29, 0.717) is 44.3 Å². The average Bonchev–Trinajstić information content (AvgIpc) is 3.33. The monoisotopic (exact) mass is 571 g/mol. The maximum absolute atomic E-state index is 12.8. The van der Waals surface area contributed by atoms with Gasteiger partial charge in [-0.15, -0.1) is 0 Å². The first-order valence-corrected chi connectivity index (χ1v) is 13.9. The number of hydrogen-bond donors (Lipinski definition) is 1. The number of hydrogen-bond acceptors (Lipinski definition) is 6. The quantitative estimate of drug-likeness (QED) is 0.186. The predicted molar refractivity (Wildman–Crippen MR) is 150 cm³/mol. The van der Waals surface area contributed by atoms with E-state index in [2.05, 4.69) is 10.5 Å². The molecule has 0 aliphatic rings. The Balaban J connectivity index is 1.43. The number of nitrogens with one attached hydrogen (secondary N) is 1. The number of amides is 1. The van der Waals surface area contributed by atoms with Crippen molar-refractivity contribution in [3.8, 4) is 22.8 Å². The van der Waals surface area contributed by atoms with Crippen LogP contribution in [0.2, 0.25) is 10.0 Å². The van der Waals surface area contributed by atoms with Crippen molar-refractivity contribution >= 4 is 51.0 Å². The number of rotatable bonds is 9. The van der Waals surface area contributed by atoms with Crippen LogP contribution < -0.4 is 14.5 Å². The number of halogens is 2. The van der Waals surface area contributed by atoms with Gasteiger partial charge in [-0.25, -0.2) is 13.8 Å². The number of anilines is 1. The van der Waals surface area contributed by atoms with Gasteiger partial charge in [-0.2, -0.15) is 5.10 Å². The van der Waals surface area contributed by atoms with Crippen molar-refractivity contribution < 1.29 is 22.4 Å². The molecule has 1 aromatic heterocycles. The molecule has 0 saturated heterocycles. The first kappa shape index (κ1) is 27.3. The zero-order valence-corrected chi connectivity index (χ0v) is 22.7. The van der Waals surface area contributed by atoms with Gasteiger partial charge in [-0.05, 0) is 73.7 Å². The van der Waals surface area contributed by atoms with Crippen molar-refractivity contribution in [1.82, 2.24) is 5.43 Å². The number of carbonyl (C=O) groups excluding carboxylic acids is 1. The van der Waals surface area contributed by atoms with Crippen molar-refractivity contribution in [2.75, 3.05) is 10.6 Å². The number of sulfonamides is 1. The highest BCUT2D eigenvalue weighted by atomic mass is 35.5. The summed E-state index contributed by atoms with van der Waals surface area (Å²) in [6, 6.07) is 22.9. The minimum absolute atomic E-state index is 0.301. The summed E-state index contributed by atoms with van der Waals surface area (Å²) in [5.74, 6) is 1.38. The molecule has 4 rings (SSSR count). The van der Waals surface area contributed by atoms with Gasteiger partial charge < -0.3 is 9.15 Å². The second kappa shape index (κ2) is 11.7. The fraction of sp³-hybridized carbons (Fsp3) is 0.111. The molecule has 4 aromatic rings. The van der Waals surface area contributed by atoms with E-state index in [1.165, 1.54) is 13.1 Å². The Kier molecular flexibility index (Phi) is 8.41. The summed E-state index contributed by atoms with van der Waals surface area (Å²) in [7, 11) is -3.81. The minimum atomic E-state index is -3.81. The third-order valence-electron chi connectivity index (χ3n) is 5.35. The number of para-hydroxylation sites is 1. The Morgan fingerprint density at radius 1 is 1.00 bits per heavy atom. The van der Waals surface area contributed by atoms with Crippen LogP contribution in [-0.4, -0.2) is 32.8 Å². The summed E-state index contributed by atoms with van der Waals surface area (Å²) in [5, 5.41) is 4.84. The molecular formula is C27H23Cl2N3O5S. The molecule has 196 valence electrons. The minimum Gasteiger partial charge on any atom is -0.457 e. The van der Waals surface area contributed by atoms with Crippen LogP contribution in [0.3, 0.4) is 0 Å². The highest BCUT2D eigenvalue weighted by Crippen LogP contribution is 2.31. The second-order valence-electron chi connectivity index (χ2n) is 8.20. The topological polar surface area (TPSA) is 101 Å². The second-order valence-corrected chi connectivity index (χ2v) is 10.9. The normalized spacial score (nSPS) is 12.3. The van der Waals surface area contributed by atoms with Crippen LogP contribution in [0, 0.1) is 0 Å². The lowest BCUT2D eigenvalue weighted by Gasteiger charge is -2.27. The van der Waals surface area contributed by atoms with Crippen LogP contribution in [-0.2, 0) is 14.8 Å². The first-order valence-electron chi connectivity index (χ1n) is 11.3. The predicted octanol–water partition coefficient (Wildman–Crippen LogP) is 6.35. The van der Waals surface area contributed by atoms with Crippen LogP contribution >= 0.6 is 23.2 Å². The van der Waals surface area contributed by atoms with Gasteiger partial charge in [0.05, 0.1) is 23.2 Å². The van der Waals surface area contributed by atoms with E-state index in [1.807, 2.05) is 18.2 Å². The molecule has 0 unspecified atom stereocenters. The van der Waals surface area contributed by atoms with E-state index in [4.69, 9.17) is 32.4 Å². The lowest BCUT2D eigenvalue weighted by Crippen LogP contribution is -2.46. The van der Waals surface area contributed by atoms with Crippen molar-refractivity contribution in [3.63, 3.8) is 0 Å². The number of carbonyl (C=O) groups is 1.